The summed E-state index contributed by atoms with van der Waals surface area (Å²) in [5.74, 6) is 0.00136. The highest BCUT2D eigenvalue weighted by Gasteiger charge is 2.39. The highest BCUT2D eigenvalue weighted by atomic mass is 19.4. The van der Waals surface area contributed by atoms with Crippen LogP contribution < -0.4 is 21.1 Å². The number of carbonyl (C=O) groups is 1. The van der Waals surface area contributed by atoms with Crippen molar-refractivity contribution in [1.82, 2.24) is 20.1 Å². The van der Waals surface area contributed by atoms with Gasteiger partial charge in [-0.15, -0.1) is 0 Å². The van der Waals surface area contributed by atoms with Crippen molar-refractivity contribution >= 4 is 23.1 Å². The average Bonchev–Trinajstić information content (AvgIpc) is 2.99. The van der Waals surface area contributed by atoms with Crippen molar-refractivity contribution in [2.75, 3.05) is 48.4 Å². The van der Waals surface area contributed by atoms with E-state index >= 15 is 0 Å². The molecule has 4 N–H and O–H groups in total. The minimum atomic E-state index is -4.89. The number of hydrogen-bond donors (Lipinski definition) is 4. The van der Waals surface area contributed by atoms with Crippen LogP contribution in [0.25, 0.3) is 0 Å². The first kappa shape index (κ1) is 29.4. The Morgan fingerprint density at radius 2 is 1.98 bits per heavy atom. The minimum Gasteiger partial charge on any atom is -0.379 e. The molecular weight excluding hydrogens is 552 g/mol. The number of anilines is 3. The van der Waals surface area contributed by atoms with Crippen molar-refractivity contribution in [3.05, 3.63) is 39.9 Å². The summed E-state index contributed by atoms with van der Waals surface area (Å²) in [7, 11) is 0. The molecule has 0 saturated carbocycles. The smallest absolute Gasteiger partial charge is 0.379 e. The molecule has 3 atom stereocenters. The molecule has 40 heavy (non-hydrogen) atoms. The second-order valence-electron chi connectivity index (χ2n) is 9.53. The van der Waals surface area contributed by atoms with Crippen LogP contribution >= 0.6 is 0 Å². The summed E-state index contributed by atoms with van der Waals surface area (Å²) in [5, 5.41) is 20.7. The van der Waals surface area contributed by atoms with Gasteiger partial charge in [-0.1, -0.05) is 0 Å². The van der Waals surface area contributed by atoms with Gasteiger partial charge in [-0.3, -0.25) is 9.59 Å². The molecule has 1 saturated heterocycles. The molecule has 4 rings (SSSR count). The van der Waals surface area contributed by atoms with E-state index in [-0.39, 0.29) is 63.1 Å². The lowest BCUT2D eigenvalue weighted by atomic mass is 10.1. The Bertz CT molecular complexity index is 1270. The highest BCUT2D eigenvalue weighted by Crippen LogP contribution is 2.37. The lowest BCUT2D eigenvalue weighted by Gasteiger charge is -2.41. The maximum atomic E-state index is 13.2. The second-order valence-corrected chi connectivity index (χ2v) is 9.53. The van der Waals surface area contributed by atoms with Crippen LogP contribution in [0.3, 0.4) is 0 Å². The van der Waals surface area contributed by atoms with Gasteiger partial charge in [0.05, 0.1) is 48.8 Å². The van der Waals surface area contributed by atoms with E-state index in [1.54, 1.807) is 14.9 Å². The minimum absolute atomic E-state index is 0.0234. The van der Waals surface area contributed by atoms with E-state index in [2.05, 4.69) is 20.7 Å². The van der Waals surface area contributed by atoms with E-state index in [9.17, 15) is 41.0 Å². The number of piperazine rings is 1. The number of amides is 1. The van der Waals surface area contributed by atoms with Gasteiger partial charge in [0.15, 0.2) is 5.82 Å². The topological polar surface area (TPSA) is 136 Å². The Morgan fingerprint density at radius 3 is 2.67 bits per heavy atom. The summed E-state index contributed by atoms with van der Waals surface area (Å²) < 4.78 is 84.4. The van der Waals surface area contributed by atoms with Crippen molar-refractivity contribution in [2.45, 2.75) is 50.4 Å². The second kappa shape index (κ2) is 11.5. The third kappa shape index (κ3) is 6.75. The monoisotopic (exact) mass is 579 g/mol. The highest BCUT2D eigenvalue weighted by molar-refractivity contribution is 5.77. The summed E-state index contributed by atoms with van der Waals surface area (Å²) in [6.07, 6.45) is -8.93. The number of H-pyrrole nitrogens is 1. The third-order valence-electron chi connectivity index (χ3n) is 6.49. The number of hydrogen-bond acceptors (Lipinski definition) is 9. The van der Waals surface area contributed by atoms with Gasteiger partial charge in [-0.05, 0) is 13.0 Å². The average molecular weight is 580 g/mol. The molecule has 0 radical (unpaired) electrons. The predicted molar refractivity (Wildman–Crippen MR) is 130 cm³/mol. The normalized spacial score (nSPS) is 20.2. The van der Waals surface area contributed by atoms with Crippen LogP contribution in [0.15, 0.2) is 23.3 Å². The molecule has 0 bridgehead atoms. The molecule has 0 spiro atoms. The largest absolute Gasteiger partial charge is 0.423 e. The predicted octanol–water partition coefficient (Wildman–Crippen LogP) is 2.26. The third-order valence-corrected chi connectivity index (χ3v) is 6.49. The molecule has 2 aromatic rings. The number of halogens is 6. The van der Waals surface area contributed by atoms with Crippen molar-refractivity contribution in [3.8, 4) is 0 Å². The first-order valence-electron chi connectivity index (χ1n) is 12.3. The molecule has 2 aliphatic heterocycles. The lowest BCUT2D eigenvalue weighted by Crippen LogP contribution is -2.55. The van der Waals surface area contributed by atoms with Gasteiger partial charge in [0.2, 0.25) is 5.91 Å². The number of aliphatic hydroxyl groups excluding tert-OH is 1. The number of aromatic nitrogens is 3. The van der Waals surface area contributed by atoms with Crippen molar-refractivity contribution in [3.63, 3.8) is 0 Å². The molecule has 3 unspecified atom stereocenters. The van der Waals surface area contributed by atoms with E-state index in [0.29, 0.717) is 0 Å². The Morgan fingerprint density at radius 1 is 1.23 bits per heavy atom. The van der Waals surface area contributed by atoms with E-state index in [0.717, 1.165) is 18.5 Å². The van der Waals surface area contributed by atoms with Crippen molar-refractivity contribution in [2.24, 2.45) is 0 Å². The van der Waals surface area contributed by atoms with Crippen LogP contribution in [0.5, 0.6) is 0 Å². The van der Waals surface area contributed by atoms with E-state index < -0.39 is 53.0 Å². The van der Waals surface area contributed by atoms with Gasteiger partial charge in [-0.2, -0.15) is 31.4 Å². The molecule has 4 heterocycles. The maximum Gasteiger partial charge on any atom is 0.423 e. The van der Waals surface area contributed by atoms with E-state index in [4.69, 9.17) is 4.74 Å². The quantitative estimate of drug-likeness (QED) is 0.288. The summed E-state index contributed by atoms with van der Waals surface area (Å²) >= 11 is 0. The van der Waals surface area contributed by atoms with Gasteiger partial charge in [0.25, 0.3) is 5.56 Å². The fourth-order valence-electron chi connectivity index (χ4n) is 4.68. The van der Waals surface area contributed by atoms with Gasteiger partial charge < -0.3 is 30.3 Å². The van der Waals surface area contributed by atoms with Gasteiger partial charge in [0.1, 0.15) is 11.8 Å². The number of alkyl halides is 6. The molecule has 2 aromatic heterocycles. The lowest BCUT2D eigenvalue weighted by molar-refractivity contribution is -0.138. The number of fused-ring (bicyclic) bond motifs is 3. The number of aromatic amines is 1. The SMILES string of the molecule is CC(COCCC(=O)N1CCN2c3ncc(C(F)(F)F)cc3NC(O)CC2C1)Nc1cn[nH]c(=O)c1C(F)(F)F. The summed E-state index contributed by atoms with van der Waals surface area (Å²) in [4.78, 5) is 31.7. The number of aliphatic hydroxyl groups is 1. The molecular formula is C23H27F6N7O4. The molecule has 0 aliphatic carbocycles. The molecule has 0 aromatic carbocycles. The Hall–Kier alpha value is -3.60. The van der Waals surface area contributed by atoms with E-state index in [1.807, 2.05) is 0 Å². The summed E-state index contributed by atoms with van der Waals surface area (Å²) in [6.45, 7) is 2.20. The Kier molecular flexibility index (Phi) is 8.44. The Labute approximate surface area is 223 Å². The van der Waals surface area contributed by atoms with Gasteiger partial charge in [0, 0.05) is 38.3 Å². The zero-order valence-electron chi connectivity index (χ0n) is 21.1. The van der Waals surface area contributed by atoms with Crippen LogP contribution in [-0.4, -0.2) is 82.3 Å². The number of nitrogens with one attached hydrogen (secondary N) is 3. The van der Waals surface area contributed by atoms with Crippen LogP contribution in [0.4, 0.5) is 43.5 Å². The summed E-state index contributed by atoms with van der Waals surface area (Å²) in [6, 6.07) is -0.149. The van der Waals surface area contributed by atoms with Crippen LogP contribution in [0, 0.1) is 0 Å². The number of pyridine rings is 1. The number of rotatable bonds is 7. The first-order chi connectivity index (χ1) is 18.7. The standard InChI is InChI=1S/C23H27F6N7O4/c1-12(32-16-9-31-34-21(39)19(16)23(27,28)29)11-40-5-2-18(38)35-3-4-36-14(10-35)7-17(37)33-15-6-13(22(24,25)26)8-30-20(15)36/h6,8-9,12,14,17,33,37H,2-5,7,10-11H2,1H3,(H2,32,34,39). The van der Waals surface area contributed by atoms with Gasteiger partial charge in [-0.25, -0.2) is 10.1 Å². The summed E-state index contributed by atoms with van der Waals surface area (Å²) in [5.41, 5.74) is -4.16. The fraction of sp³-hybridized carbons (Fsp3) is 0.565. The Balaban J connectivity index is 1.29. The first-order valence-corrected chi connectivity index (χ1v) is 12.3. The number of ether oxygens (including phenoxy) is 1. The molecule has 2 aliphatic rings. The van der Waals surface area contributed by atoms with Crippen molar-refractivity contribution < 1.29 is 41.0 Å². The van der Waals surface area contributed by atoms with Crippen LogP contribution in [0.1, 0.15) is 30.9 Å². The molecule has 17 heteroatoms. The van der Waals surface area contributed by atoms with E-state index in [1.165, 1.54) is 6.92 Å². The van der Waals surface area contributed by atoms with Gasteiger partial charge >= 0.3 is 12.4 Å². The fourth-order valence-corrected chi connectivity index (χ4v) is 4.68. The molecule has 220 valence electrons. The molecule has 11 nitrogen and oxygen atoms in total. The maximum absolute atomic E-state index is 13.2. The zero-order chi connectivity index (χ0) is 29.2. The van der Waals surface area contributed by atoms with Crippen LogP contribution in [0.2, 0.25) is 0 Å². The zero-order valence-corrected chi connectivity index (χ0v) is 21.1. The number of carbonyl (C=O) groups excluding carboxylic acids is 1. The molecule has 1 fully saturated rings. The molecule has 1 amide bonds. The van der Waals surface area contributed by atoms with Crippen molar-refractivity contribution in [1.29, 1.82) is 0 Å². The number of nitrogens with zero attached hydrogens (tertiary/aromatic N) is 4. The van der Waals surface area contributed by atoms with Crippen LogP contribution in [-0.2, 0) is 21.9 Å².